The van der Waals surface area contributed by atoms with Gasteiger partial charge in [-0.15, -0.1) is 0 Å². The Labute approximate surface area is 369 Å². The van der Waals surface area contributed by atoms with E-state index in [2.05, 4.69) is 15.0 Å². The summed E-state index contributed by atoms with van der Waals surface area (Å²) in [5.74, 6) is -2.98. The first kappa shape index (κ1) is 13.0. The van der Waals surface area contributed by atoms with Crippen molar-refractivity contribution < 1.29 is 45.2 Å². The van der Waals surface area contributed by atoms with E-state index < -0.39 is 300 Å². The van der Waals surface area contributed by atoms with E-state index in [-0.39, 0.29) is 0 Å². The largest absolute Gasteiger partial charge is 0.309 e. The van der Waals surface area contributed by atoms with E-state index >= 15 is 0 Å². The number of nitrogens with zero attached hydrogens (tertiary/aromatic N) is 5. The fourth-order valence-corrected chi connectivity index (χ4v) is 6.17. The van der Waals surface area contributed by atoms with Gasteiger partial charge in [-0.2, -0.15) is 9.97 Å². The molecule has 0 saturated heterocycles. The first-order chi connectivity index (χ1) is 41.5. The molecule has 0 radical (unpaired) electrons. The molecule has 0 aliphatic heterocycles. The maximum absolute atomic E-state index is 9.91. The Hall–Kier alpha value is -7.63. The molecular formula is C51H33N5. The summed E-state index contributed by atoms with van der Waals surface area (Å²) in [6.07, 6.45) is 0. The average Bonchev–Trinajstić information content (AvgIpc) is 1.53. The van der Waals surface area contributed by atoms with E-state index in [0.29, 0.717) is 9.13 Å². The molecule has 11 aromatic rings. The smallest absolute Gasteiger partial charge is 0.238 e. The van der Waals surface area contributed by atoms with E-state index in [0.717, 1.165) is 0 Å². The highest BCUT2D eigenvalue weighted by Crippen LogP contribution is 2.42. The number of aromatic nitrogens is 5. The lowest BCUT2D eigenvalue weighted by Crippen LogP contribution is -2.06. The molecule has 11 rings (SSSR count). The van der Waals surface area contributed by atoms with Gasteiger partial charge in [0, 0.05) is 38.4 Å². The molecule has 0 spiro atoms. The molecule has 0 amide bonds. The van der Waals surface area contributed by atoms with Crippen LogP contribution in [0.15, 0.2) is 199 Å². The number of hydrogen-bond donors (Lipinski definition) is 0. The lowest BCUT2D eigenvalue weighted by molar-refractivity contribution is 0.953. The van der Waals surface area contributed by atoms with Crippen LogP contribution in [0.1, 0.15) is 45.2 Å². The first-order valence-electron chi connectivity index (χ1n) is 32.7. The van der Waals surface area contributed by atoms with Crippen LogP contribution in [0.3, 0.4) is 0 Å². The Balaban J connectivity index is 1.41. The van der Waals surface area contributed by atoms with Crippen LogP contribution in [-0.4, -0.2) is 24.1 Å². The van der Waals surface area contributed by atoms with Crippen molar-refractivity contribution in [1.29, 1.82) is 0 Å². The van der Waals surface area contributed by atoms with Crippen molar-refractivity contribution >= 4 is 43.6 Å². The van der Waals surface area contributed by atoms with Gasteiger partial charge in [0.2, 0.25) is 5.95 Å². The maximum Gasteiger partial charge on any atom is 0.238 e. The fraction of sp³-hybridized carbons (Fsp3) is 0. The zero-order chi connectivity index (χ0) is 65.7. The van der Waals surface area contributed by atoms with Crippen LogP contribution < -0.4 is 0 Å². The molecule has 0 bridgehead atoms. The highest BCUT2D eigenvalue weighted by molar-refractivity contribution is 6.26. The summed E-state index contributed by atoms with van der Waals surface area (Å²) in [6, 6.07) is -32.9. The maximum atomic E-state index is 9.91. The Bertz CT molecular complexity index is 5070. The molecule has 0 fully saturated rings. The van der Waals surface area contributed by atoms with Gasteiger partial charge in [-0.3, -0.25) is 4.57 Å². The van der Waals surface area contributed by atoms with Crippen molar-refractivity contribution in [2.24, 2.45) is 0 Å². The van der Waals surface area contributed by atoms with Crippen molar-refractivity contribution in [2.45, 2.75) is 0 Å². The molecule has 262 valence electrons. The minimum Gasteiger partial charge on any atom is -0.309 e. The average molecular weight is 749 g/mol. The number of rotatable bonds is 6. The summed E-state index contributed by atoms with van der Waals surface area (Å²) in [5, 5.41) is -2.66. The van der Waals surface area contributed by atoms with Gasteiger partial charge in [-0.05, 0) is 52.5 Å². The predicted molar refractivity (Wildman–Crippen MR) is 230 cm³/mol. The molecule has 0 unspecified atom stereocenters. The first-order valence-corrected chi connectivity index (χ1v) is 16.2. The normalized spacial score (nSPS) is 19.8. The molecule has 5 heteroatoms. The molecule has 0 atom stereocenters. The summed E-state index contributed by atoms with van der Waals surface area (Å²) >= 11 is 0. The third-order valence-corrected chi connectivity index (χ3v) is 8.48. The summed E-state index contributed by atoms with van der Waals surface area (Å²) in [6.45, 7) is 0. The van der Waals surface area contributed by atoms with Gasteiger partial charge >= 0.3 is 0 Å². The van der Waals surface area contributed by atoms with Gasteiger partial charge in [-0.1, -0.05) is 169 Å². The highest BCUT2D eigenvalue weighted by atomic mass is 15.2. The lowest BCUT2D eigenvalue weighted by atomic mass is 10.0. The fourth-order valence-electron chi connectivity index (χ4n) is 6.17. The van der Waals surface area contributed by atoms with Crippen molar-refractivity contribution in [3.05, 3.63) is 199 Å². The third kappa shape index (κ3) is 5.21. The summed E-state index contributed by atoms with van der Waals surface area (Å²) < 4.78 is 297. The van der Waals surface area contributed by atoms with Gasteiger partial charge in [0.1, 0.15) is 0 Å². The second-order valence-corrected chi connectivity index (χ2v) is 11.6. The number of hydrogen-bond acceptors (Lipinski definition) is 3. The van der Waals surface area contributed by atoms with E-state index in [4.69, 9.17) is 28.8 Å². The summed E-state index contributed by atoms with van der Waals surface area (Å²) in [7, 11) is 0. The molecular weight excluding hydrogens is 683 g/mol. The summed E-state index contributed by atoms with van der Waals surface area (Å²) in [4.78, 5) is 13.2. The van der Waals surface area contributed by atoms with Gasteiger partial charge in [0.15, 0.2) is 11.6 Å². The van der Waals surface area contributed by atoms with E-state index in [1.165, 1.54) is 0 Å². The van der Waals surface area contributed by atoms with Crippen molar-refractivity contribution in [2.75, 3.05) is 0 Å². The van der Waals surface area contributed by atoms with Crippen LogP contribution in [0, 0.1) is 0 Å². The predicted octanol–water partition coefficient (Wildman–Crippen LogP) is 12.7. The molecule has 0 aliphatic carbocycles. The Kier molecular flexibility index (Phi) is 3.03. The monoisotopic (exact) mass is 748 g/mol. The SMILES string of the molecule is [2H]c1c([2H])c([2H])c(-c2nc(-c3c([2H])c([2H])c(-c4c([2H])c([2H])c([2H])c([2H])c4[2H])c([2H])c3[2H])nc(-n3c4c([2H])c([2H])c([2H])c([2H])c4c4c3c([2H])c([2H])c3c5c([2H])c([2H])c([2H])c([2H])c5n(-c5c([2H])c([2H])c([2H])c(-c6c([2H])c([2H])c([2H])c([2H])c6[2H])c5[2H])c34)n2)c([2H])c1[2H]. The van der Waals surface area contributed by atoms with Gasteiger partial charge in [0.25, 0.3) is 0 Å². The van der Waals surface area contributed by atoms with Crippen LogP contribution in [0.5, 0.6) is 0 Å². The van der Waals surface area contributed by atoms with Gasteiger partial charge in [-0.25, -0.2) is 4.98 Å². The molecule has 3 aromatic heterocycles. The molecule has 0 N–H and O–H groups in total. The summed E-state index contributed by atoms with van der Waals surface area (Å²) in [5.41, 5.74) is -9.02. The molecule has 0 aliphatic rings. The topological polar surface area (TPSA) is 48.5 Å². The standard InChI is InChI=1S/C51H33N5/c1-4-15-34(16-5-1)36-27-29-38(30-28-36)50-52-49(37-19-8-3-9-20-37)53-51(54-50)56-45-26-13-11-24-43(45)47-46(56)32-31-42-41-23-10-12-25-44(41)55(48(42)47)40-22-14-21-39(33-40)35-17-6-2-7-18-35/h1-33H/i1D,2D,3D,4D,5D,6D,7D,8D,9D,10D,11D,12D,13D,14D,15D,16D,17D,18D,19D,20D,21D,22D,23D,24D,25D,26D,27D,28D,29D,30D,31D,32D,33D. The minimum absolute atomic E-state index is 0.640. The highest BCUT2D eigenvalue weighted by Gasteiger charge is 2.23. The number of benzene rings is 8. The Morgan fingerprint density at radius 2 is 0.839 bits per heavy atom. The van der Waals surface area contributed by atoms with Gasteiger partial charge < -0.3 is 4.57 Å². The molecule has 8 aromatic carbocycles. The second kappa shape index (κ2) is 13.0. The van der Waals surface area contributed by atoms with Crippen LogP contribution in [0.2, 0.25) is 0 Å². The lowest BCUT2D eigenvalue weighted by Gasteiger charge is -2.12. The van der Waals surface area contributed by atoms with Crippen LogP contribution in [-0.2, 0) is 0 Å². The zero-order valence-corrected chi connectivity index (χ0v) is 27.7. The third-order valence-electron chi connectivity index (χ3n) is 8.48. The van der Waals surface area contributed by atoms with E-state index in [1.54, 1.807) is 0 Å². The van der Waals surface area contributed by atoms with Crippen molar-refractivity contribution in [3.8, 4) is 56.7 Å². The van der Waals surface area contributed by atoms with Gasteiger partial charge in [0.05, 0.1) is 67.3 Å². The molecule has 56 heavy (non-hydrogen) atoms. The second-order valence-electron chi connectivity index (χ2n) is 11.6. The number of fused-ring (bicyclic) bond motifs is 7. The Morgan fingerprint density at radius 3 is 1.52 bits per heavy atom. The van der Waals surface area contributed by atoms with E-state index in [1.807, 2.05) is 0 Å². The minimum atomic E-state index is -1.11. The van der Waals surface area contributed by atoms with Crippen molar-refractivity contribution in [3.63, 3.8) is 0 Å². The van der Waals surface area contributed by atoms with Crippen LogP contribution >= 0.6 is 0 Å². The van der Waals surface area contributed by atoms with Crippen LogP contribution in [0.25, 0.3) is 100 Å². The number of para-hydroxylation sites is 2. The molecule has 3 heterocycles. The van der Waals surface area contributed by atoms with Crippen LogP contribution in [0.4, 0.5) is 0 Å². The zero-order valence-electron chi connectivity index (χ0n) is 60.7. The van der Waals surface area contributed by atoms with Crippen molar-refractivity contribution in [1.82, 2.24) is 24.1 Å². The molecule has 5 nitrogen and oxygen atoms in total. The molecule has 0 saturated carbocycles. The Morgan fingerprint density at radius 1 is 0.339 bits per heavy atom. The van der Waals surface area contributed by atoms with E-state index in [9.17, 15) is 16.4 Å². The quantitative estimate of drug-likeness (QED) is 0.170.